The van der Waals surface area contributed by atoms with Crippen LogP contribution in [-0.2, 0) is 6.18 Å². The second-order valence-electron chi connectivity index (χ2n) is 4.40. The first-order valence-corrected chi connectivity index (χ1v) is 7.03. The van der Waals surface area contributed by atoms with Crippen LogP contribution >= 0.6 is 11.3 Å². The van der Waals surface area contributed by atoms with Crippen molar-refractivity contribution < 1.29 is 22.8 Å². The van der Waals surface area contributed by atoms with Crippen LogP contribution in [0, 0.1) is 0 Å². The number of Topliss-reactive ketones (excluding diaryl/α,β-unsaturated/α-hetero) is 2. The number of hydrogen-bond acceptors (Lipinski definition) is 3. The van der Waals surface area contributed by atoms with Crippen LogP contribution in [-0.4, -0.2) is 11.6 Å². The molecule has 0 radical (unpaired) electrons. The number of alkyl halides is 3. The molecule has 0 fully saturated rings. The van der Waals surface area contributed by atoms with Gasteiger partial charge in [0.25, 0.3) is 0 Å². The molecule has 2 aromatic rings. The highest BCUT2D eigenvalue weighted by molar-refractivity contribution is 7.12. The number of carbonyl (C=O) groups is 2. The number of halogens is 3. The molecule has 0 aliphatic rings. The summed E-state index contributed by atoms with van der Waals surface area (Å²) in [5.74, 6) is -0.642. The summed E-state index contributed by atoms with van der Waals surface area (Å²) in [6.07, 6.45) is -4.59. The maximum absolute atomic E-state index is 12.6. The van der Waals surface area contributed by atoms with Gasteiger partial charge in [-0.15, -0.1) is 11.3 Å². The van der Waals surface area contributed by atoms with Gasteiger partial charge in [0.15, 0.2) is 11.6 Å². The summed E-state index contributed by atoms with van der Waals surface area (Å²) in [7, 11) is 0. The van der Waals surface area contributed by atoms with Crippen LogP contribution in [0.4, 0.5) is 13.2 Å². The van der Waals surface area contributed by atoms with Crippen molar-refractivity contribution in [3.05, 3.63) is 57.8 Å². The number of thiophene rings is 1. The van der Waals surface area contributed by atoms with E-state index in [4.69, 9.17) is 0 Å². The maximum Gasteiger partial charge on any atom is 0.416 e. The molecule has 0 amide bonds. The fourth-order valence-electron chi connectivity index (χ4n) is 1.80. The molecule has 0 N–H and O–H groups in total. The lowest BCUT2D eigenvalue weighted by Gasteiger charge is -2.08. The van der Waals surface area contributed by atoms with E-state index in [1.54, 1.807) is 17.5 Å². The summed E-state index contributed by atoms with van der Waals surface area (Å²) < 4.78 is 37.7. The van der Waals surface area contributed by atoms with Gasteiger partial charge in [-0.3, -0.25) is 9.59 Å². The van der Waals surface area contributed by atoms with Gasteiger partial charge in [0.2, 0.25) is 0 Å². The van der Waals surface area contributed by atoms with Gasteiger partial charge in [0.1, 0.15) is 0 Å². The molecule has 0 bridgehead atoms. The molecule has 21 heavy (non-hydrogen) atoms. The highest BCUT2D eigenvalue weighted by atomic mass is 32.1. The summed E-state index contributed by atoms with van der Waals surface area (Å²) in [6, 6.07) is 7.63. The zero-order valence-electron chi connectivity index (χ0n) is 10.8. The Morgan fingerprint density at radius 2 is 1.71 bits per heavy atom. The largest absolute Gasteiger partial charge is 0.416 e. The average Bonchev–Trinajstić information content (AvgIpc) is 2.98. The predicted octanol–water partition coefficient (Wildman–Crippen LogP) is 4.61. The van der Waals surface area contributed by atoms with Crippen LogP contribution in [0.1, 0.15) is 38.4 Å². The van der Waals surface area contributed by atoms with Gasteiger partial charge in [-0.05, 0) is 23.6 Å². The smallest absolute Gasteiger partial charge is 0.294 e. The third kappa shape index (κ3) is 4.01. The topological polar surface area (TPSA) is 34.1 Å². The Kier molecular flexibility index (Phi) is 4.57. The lowest BCUT2D eigenvalue weighted by molar-refractivity contribution is -0.137. The van der Waals surface area contributed by atoms with Crippen molar-refractivity contribution in [3.63, 3.8) is 0 Å². The molecule has 0 aliphatic carbocycles. The molecule has 6 heteroatoms. The van der Waals surface area contributed by atoms with Crippen molar-refractivity contribution in [1.82, 2.24) is 0 Å². The number of rotatable bonds is 5. The Morgan fingerprint density at radius 3 is 2.33 bits per heavy atom. The quantitative estimate of drug-likeness (QED) is 0.755. The lowest BCUT2D eigenvalue weighted by Crippen LogP contribution is -2.08. The minimum Gasteiger partial charge on any atom is -0.294 e. The van der Waals surface area contributed by atoms with Gasteiger partial charge >= 0.3 is 6.18 Å². The molecule has 0 saturated carbocycles. The van der Waals surface area contributed by atoms with E-state index in [1.165, 1.54) is 23.5 Å². The Morgan fingerprint density at radius 1 is 1.00 bits per heavy atom. The van der Waals surface area contributed by atoms with Gasteiger partial charge in [0.05, 0.1) is 10.4 Å². The molecule has 1 aromatic carbocycles. The first-order valence-electron chi connectivity index (χ1n) is 6.15. The summed E-state index contributed by atoms with van der Waals surface area (Å²) in [4.78, 5) is 24.2. The highest BCUT2D eigenvalue weighted by Crippen LogP contribution is 2.29. The Labute approximate surface area is 123 Å². The van der Waals surface area contributed by atoms with E-state index in [-0.39, 0.29) is 24.2 Å². The van der Waals surface area contributed by atoms with Crippen LogP contribution < -0.4 is 0 Å². The second-order valence-corrected chi connectivity index (χ2v) is 5.35. The number of hydrogen-bond donors (Lipinski definition) is 0. The third-order valence-corrected chi connectivity index (χ3v) is 3.80. The molecular formula is C15H11F3O2S. The minimum absolute atomic E-state index is 0.00437. The van der Waals surface area contributed by atoms with Crippen LogP contribution in [0.2, 0.25) is 0 Å². The number of ketones is 2. The molecule has 110 valence electrons. The molecule has 1 heterocycles. The number of benzene rings is 1. The molecule has 0 spiro atoms. The van der Waals surface area contributed by atoms with E-state index in [0.717, 1.165) is 12.1 Å². The van der Waals surface area contributed by atoms with Crippen LogP contribution in [0.25, 0.3) is 0 Å². The lowest BCUT2D eigenvalue weighted by atomic mass is 10.0. The molecular weight excluding hydrogens is 301 g/mol. The van der Waals surface area contributed by atoms with Crippen molar-refractivity contribution in [3.8, 4) is 0 Å². The minimum atomic E-state index is -4.48. The van der Waals surface area contributed by atoms with Crippen LogP contribution in [0.5, 0.6) is 0 Å². The standard InChI is InChI=1S/C15H11F3O2S/c16-15(17,18)11-4-1-3-10(9-11)12(19)6-7-13(20)14-5-2-8-21-14/h1-5,8-9H,6-7H2. The number of carbonyl (C=O) groups excluding carboxylic acids is 2. The third-order valence-electron chi connectivity index (χ3n) is 2.89. The van der Waals surface area contributed by atoms with Crippen molar-refractivity contribution in [1.29, 1.82) is 0 Å². The van der Waals surface area contributed by atoms with Crippen molar-refractivity contribution in [2.75, 3.05) is 0 Å². The summed E-state index contributed by atoms with van der Waals surface area (Å²) in [6.45, 7) is 0. The first kappa shape index (κ1) is 15.4. The molecule has 1 aromatic heterocycles. The normalized spacial score (nSPS) is 11.4. The molecule has 2 rings (SSSR count). The molecule has 2 nitrogen and oxygen atoms in total. The second kappa shape index (κ2) is 6.22. The van der Waals surface area contributed by atoms with E-state index in [1.807, 2.05) is 0 Å². The van der Waals surface area contributed by atoms with Gasteiger partial charge in [-0.1, -0.05) is 18.2 Å². The fourth-order valence-corrected chi connectivity index (χ4v) is 2.50. The van der Waals surface area contributed by atoms with Crippen molar-refractivity contribution in [2.24, 2.45) is 0 Å². The van der Waals surface area contributed by atoms with E-state index in [0.29, 0.717) is 4.88 Å². The molecule has 0 saturated heterocycles. The SMILES string of the molecule is O=C(CCC(=O)c1cccs1)c1cccc(C(F)(F)F)c1. The molecule has 0 unspecified atom stereocenters. The van der Waals surface area contributed by atoms with E-state index in [2.05, 4.69) is 0 Å². The van der Waals surface area contributed by atoms with Crippen LogP contribution in [0.15, 0.2) is 41.8 Å². The zero-order chi connectivity index (χ0) is 15.5. The zero-order valence-corrected chi connectivity index (χ0v) is 11.6. The van der Waals surface area contributed by atoms with Crippen LogP contribution in [0.3, 0.4) is 0 Å². The van der Waals surface area contributed by atoms with Gasteiger partial charge in [-0.2, -0.15) is 13.2 Å². The monoisotopic (exact) mass is 312 g/mol. The van der Waals surface area contributed by atoms with Gasteiger partial charge in [-0.25, -0.2) is 0 Å². The van der Waals surface area contributed by atoms with Gasteiger partial charge < -0.3 is 0 Å². The van der Waals surface area contributed by atoms with Crippen molar-refractivity contribution >= 4 is 22.9 Å². The molecule has 0 atom stereocenters. The van der Waals surface area contributed by atoms with E-state index < -0.39 is 17.5 Å². The first-order chi connectivity index (χ1) is 9.88. The summed E-state index contributed by atoms with van der Waals surface area (Å²) in [5.41, 5.74) is -0.887. The Bertz CT molecular complexity index is 645. The Balaban J connectivity index is 2.02. The Hall–Kier alpha value is -1.95. The van der Waals surface area contributed by atoms with Crippen molar-refractivity contribution in [2.45, 2.75) is 19.0 Å². The highest BCUT2D eigenvalue weighted by Gasteiger charge is 2.30. The maximum atomic E-state index is 12.6. The van der Waals surface area contributed by atoms with E-state index in [9.17, 15) is 22.8 Å². The van der Waals surface area contributed by atoms with Gasteiger partial charge in [0, 0.05) is 18.4 Å². The summed E-state index contributed by atoms with van der Waals surface area (Å²) in [5, 5.41) is 1.75. The fraction of sp³-hybridized carbons (Fsp3) is 0.200. The predicted molar refractivity (Wildman–Crippen MR) is 73.7 cm³/mol. The average molecular weight is 312 g/mol. The molecule has 0 aliphatic heterocycles. The summed E-state index contributed by atoms with van der Waals surface area (Å²) >= 11 is 1.27. The van der Waals surface area contributed by atoms with E-state index >= 15 is 0 Å².